The van der Waals surface area contributed by atoms with Crippen LogP contribution >= 0.6 is 0 Å². The highest BCUT2D eigenvalue weighted by Crippen LogP contribution is 2.37. The van der Waals surface area contributed by atoms with Crippen molar-refractivity contribution < 1.29 is 9.53 Å². The van der Waals surface area contributed by atoms with E-state index < -0.39 is 0 Å². The summed E-state index contributed by atoms with van der Waals surface area (Å²) in [5, 5.41) is 0. The van der Waals surface area contributed by atoms with Crippen LogP contribution in [0, 0.1) is 5.92 Å². The van der Waals surface area contributed by atoms with Crippen LogP contribution < -0.4 is 0 Å². The molecule has 0 radical (unpaired) electrons. The van der Waals surface area contributed by atoms with Gasteiger partial charge in [0.1, 0.15) is 0 Å². The fourth-order valence-corrected chi connectivity index (χ4v) is 2.94. The summed E-state index contributed by atoms with van der Waals surface area (Å²) in [6.45, 7) is 3.96. The predicted molar refractivity (Wildman–Crippen MR) is 71.2 cm³/mol. The molecule has 1 aliphatic carbocycles. The van der Waals surface area contributed by atoms with Crippen molar-refractivity contribution in [3.8, 4) is 0 Å². The Balaban J connectivity index is 2.22. The smallest absolute Gasteiger partial charge is 0.335 e. The molecular weight excluding hydrogens is 226 g/mol. The third-order valence-corrected chi connectivity index (χ3v) is 3.85. The minimum absolute atomic E-state index is 0.0488. The number of aromatic nitrogens is 1. The Morgan fingerprint density at radius 3 is 2.44 bits per heavy atom. The molecular formula is C15H21NO2. The number of carbonyl (C=O) groups is 1. The van der Waals surface area contributed by atoms with Crippen molar-refractivity contribution in [2.75, 3.05) is 7.11 Å². The van der Waals surface area contributed by atoms with E-state index in [1.165, 1.54) is 39.2 Å². The molecule has 3 heteroatoms. The van der Waals surface area contributed by atoms with Gasteiger partial charge in [-0.05, 0) is 30.9 Å². The Morgan fingerprint density at radius 1 is 1.28 bits per heavy atom. The molecule has 0 bridgehead atoms. The zero-order valence-corrected chi connectivity index (χ0v) is 11.0. The molecule has 18 heavy (non-hydrogen) atoms. The molecule has 1 aliphatic rings. The first-order chi connectivity index (χ1) is 8.74. The van der Waals surface area contributed by atoms with Gasteiger partial charge in [0, 0.05) is 12.4 Å². The minimum atomic E-state index is -0.292. The maximum Gasteiger partial charge on any atom is 0.335 e. The van der Waals surface area contributed by atoms with E-state index in [0.717, 1.165) is 0 Å². The molecule has 0 saturated heterocycles. The number of hydrogen-bond acceptors (Lipinski definition) is 2. The van der Waals surface area contributed by atoms with Gasteiger partial charge < -0.3 is 9.30 Å². The first-order valence-corrected chi connectivity index (χ1v) is 6.63. The Bertz CT molecular complexity index is 402. The van der Waals surface area contributed by atoms with Crippen molar-refractivity contribution in [3.05, 3.63) is 36.7 Å². The van der Waals surface area contributed by atoms with Crippen LogP contribution in [0.5, 0.6) is 0 Å². The van der Waals surface area contributed by atoms with Crippen LogP contribution in [0.1, 0.15) is 38.1 Å². The zero-order valence-electron chi connectivity index (χ0n) is 11.0. The molecule has 0 amide bonds. The van der Waals surface area contributed by atoms with Gasteiger partial charge >= 0.3 is 5.97 Å². The average Bonchev–Trinajstić information content (AvgIpc) is 2.93. The van der Waals surface area contributed by atoms with E-state index in [9.17, 15) is 4.79 Å². The Kier molecular flexibility index (Phi) is 4.24. The van der Waals surface area contributed by atoms with E-state index in [-0.39, 0.29) is 12.0 Å². The summed E-state index contributed by atoms with van der Waals surface area (Å²) in [5.74, 6) is 0.206. The van der Waals surface area contributed by atoms with Crippen molar-refractivity contribution in [2.24, 2.45) is 5.92 Å². The molecule has 1 aromatic heterocycles. The highest BCUT2D eigenvalue weighted by Gasteiger charge is 2.30. The molecule has 1 saturated carbocycles. The van der Waals surface area contributed by atoms with Gasteiger partial charge in [-0.25, -0.2) is 4.79 Å². The van der Waals surface area contributed by atoms with Gasteiger partial charge in [-0.3, -0.25) is 0 Å². The van der Waals surface area contributed by atoms with Gasteiger partial charge in [0.15, 0.2) is 0 Å². The zero-order chi connectivity index (χ0) is 13.0. The lowest BCUT2D eigenvalue weighted by atomic mass is 9.81. The highest BCUT2D eigenvalue weighted by atomic mass is 16.5. The van der Waals surface area contributed by atoms with Gasteiger partial charge in [0.25, 0.3) is 0 Å². The molecule has 1 fully saturated rings. The fraction of sp³-hybridized carbons (Fsp3) is 0.533. The lowest BCUT2D eigenvalue weighted by Gasteiger charge is -2.32. The second-order valence-corrected chi connectivity index (χ2v) is 4.99. The first kappa shape index (κ1) is 12.9. The molecule has 2 rings (SSSR count). The van der Waals surface area contributed by atoms with Crippen LogP contribution in [-0.4, -0.2) is 17.6 Å². The minimum Gasteiger partial charge on any atom is -0.466 e. The van der Waals surface area contributed by atoms with Crippen LogP contribution in [0.4, 0.5) is 0 Å². The first-order valence-electron chi connectivity index (χ1n) is 6.63. The van der Waals surface area contributed by atoms with Gasteiger partial charge in [0.2, 0.25) is 0 Å². The second-order valence-electron chi connectivity index (χ2n) is 4.99. The van der Waals surface area contributed by atoms with E-state index >= 15 is 0 Å². The number of esters is 1. The monoisotopic (exact) mass is 247 g/mol. The largest absolute Gasteiger partial charge is 0.466 e. The summed E-state index contributed by atoms with van der Waals surface area (Å²) < 4.78 is 6.92. The summed E-state index contributed by atoms with van der Waals surface area (Å²) in [6, 6.07) is 4.02. The van der Waals surface area contributed by atoms with Crippen molar-refractivity contribution in [3.63, 3.8) is 0 Å². The standard InChI is InChI=1S/C15H21NO2/c1-12(15(17)18-2)14(16-10-6-7-11-16)13-8-4-3-5-9-13/h6-7,10-11,13-14H,1,3-5,8-9H2,2H3. The van der Waals surface area contributed by atoms with Crippen LogP contribution in [-0.2, 0) is 9.53 Å². The normalized spacial score (nSPS) is 18.3. The number of rotatable bonds is 4. The van der Waals surface area contributed by atoms with Crippen molar-refractivity contribution in [1.82, 2.24) is 4.57 Å². The third-order valence-electron chi connectivity index (χ3n) is 3.85. The predicted octanol–water partition coefficient (Wildman–Crippen LogP) is 3.34. The van der Waals surface area contributed by atoms with E-state index in [2.05, 4.69) is 11.1 Å². The average molecular weight is 247 g/mol. The van der Waals surface area contributed by atoms with Gasteiger partial charge in [-0.2, -0.15) is 0 Å². The molecule has 1 aromatic rings. The van der Waals surface area contributed by atoms with E-state index in [1.54, 1.807) is 0 Å². The van der Waals surface area contributed by atoms with Crippen LogP contribution in [0.3, 0.4) is 0 Å². The maximum absolute atomic E-state index is 11.8. The van der Waals surface area contributed by atoms with E-state index in [1.807, 2.05) is 24.5 Å². The number of methoxy groups -OCH3 is 1. The van der Waals surface area contributed by atoms with Crippen LogP contribution in [0.2, 0.25) is 0 Å². The number of ether oxygens (including phenoxy) is 1. The van der Waals surface area contributed by atoms with Crippen LogP contribution in [0.15, 0.2) is 36.7 Å². The number of hydrogen-bond donors (Lipinski definition) is 0. The quantitative estimate of drug-likeness (QED) is 0.603. The van der Waals surface area contributed by atoms with Crippen LogP contribution in [0.25, 0.3) is 0 Å². The molecule has 1 unspecified atom stereocenters. The van der Waals surface area contributed by atoms with Gasteiger partial charge in [0.05, 0.1) is 18.7 Å². The van der Waals surface area contributed by atoms with E-state index in [0.29, 0.717) is 11.5 Å². The molecule has 0 aliphatic heterocycles. The van der Waals surface area contributed by atoms with Gasteiger partial charge in [-0.15, -0.1) is 0 Å². The molecule has 1 atom stereocenters. The Morgan fingerprint density at radius 2 is 1.89 bits per heavy atom. The molecule has 98 valence electrons. The van der Waals surface area contributed by atoms with Crippen molar-refractivity contribution in [1.29, 1.82) is 0 Å². The highest BCUT2D eigenvalue weighted by molar-refractivity contribution is 5.88. The Labute approximate surface area is 108 Å². The Hall–Kier alpha value is -1.51. The summed E-state index contributed by atoms with van der Waals surface area (Å²) >= 11 is 0. The summed E-state index contributed by atoms with van der Waals surface area (Å²) in [4.78, 5) is 11.8. The third kappa shape index (κ3) is 2.66. The molecule has 1 heterocycles. The van der Waals surface area contributed by atoms with Crippen molar-refractivity contribution in [2.45, 2.75) is 38.1 Å². The molecule has 0 spiro atoms. The van der Waals surface area contributed by atoms with Crippen molar-refractivity contribution >= 4 is 5.97 Å². The van der Waals surface area contributed by atoms with Gasteiger partial charge in [-0.1, -0.05) is 25.8 Å². The SMILES string of the molecule is C=C(C(=O)OC)C(C1CCCCC1)n1cccc1. The molecule has 0 N–H and O–H groups in total. The topological polar surface area (TPSA) is 31.2 Å². The lowest BCUT2D eigenvalue weighted by Crippen LogP contribution is -2.26. The number of carbonyl (C=O) groups excluding carboxylic acids is 1. The number of nitrogens with zero attached hydrogens (tertiary/aromatic N) is 1. The van der Waals surface area contributed by atoms with E-state index in [4.69, 9.17) is 4.74 Å². The second kappa shape index (κ2) is 5.89. The maximum atomic E-state index is 11.8. The molecule has 0 aromatic carbocycles. The molecule has 3 nitrogen and oxygen atoms in total. The fourth-order valence-electron chi connectivity index (χ4n) is 2.94. The lowest BCUT2D eigenvalue weighted by molar-refractivity contribution is -0.136. The summed E-state index contributed by atoms with van der Waals surface area (Å²) in [6.07, 6.45) is 10.1. The summed E-state index contributed by atoms with van der Waals surface area (Å²) in [5.41, 5.74) is 0.570. The summed E-state index contributed by atoms with van der Waals surface area (Å²) in [7, 11) is 1.42.